The largest absolute Gasteiger partial charge is 0.309 e. The number of aromatic nitrogens is 1. The highest BCUT2D eigenvalue weighted by atomic mass is 32.1. The number of hydrogen-bond donors (Lipinski definition) is 1. The van der Waals surface area contributed by atoms with Crippen LogP contribution < -0.4 is 5.32 Å². The SMILES string of the molecule is Cc1nc(CNCC2(N(C)C)CCC2)sc1C. The molecule has 0 unspecified atom stereocenters. The molecular weight excluding hydrogens is 230 g/mol. The Balaban J connectivity index is 1.83. The van der Waals surface area contributed by atoms with Crippen LogP contribution in [0, 0.1) is 13.8 Å². The maximum absolute atomic E-state index is 4.56. The molecule has 1 aliphatic carbocycles. The monoisotopic (exact) mass is 253 g/mol. The summed E-state index contributed by atoms with van der Waals surface area (Å²) in [5.41, 5.74) is 1.58. The van der Waals surface area contributed by atoms with E-state index >= 15 is 0 Å². The third kappa shape index (κ3) is 2.69. The maximum atomic E-state index is 4.56. The van der Waals surface area contributed by atoms with Gasteiger partial charge in [0.05, 0.1) is 5.69 Å². The van der Waals surface area contributed by atoms with Crippen molar-refractivity contribution < 1.29 is 0 Å². The molecule has 1 heterocycles. The summed E-state index contributed by atoms with van der Waals surface area (Å²) in [6.07, 6.45) is 4.02. The van der Waals surface area contributed by atoms with E-state index in [-0.39, 0.29) is 0 Å². The molecule has 1 aromatic rings. The van der Waals surface area contributed by atoms with E-state index in [1.54, 1.807) is 0 Å². The van der Waals surface area contributed by atoms with Crippen molar-refractivity contribution in [3.63, 3.8) is 0 Å². The second kappa shape index (κ2) is 5.04. The van der Waals surface area contributed by atoms with Crippen LogP contribution in [0.1, 0.15) is 34.8 Å². The molecule has 0 bridgehead atoms. The van der Waals surface area contributed by atoms with Crippen molar-refractivity contribution in [2.45, 2.75) is 45.2 Å². The van der Waals surface area contributed by atoms with Gasteiger partial charge in [0.2, 0.25) is 0 Å². The van der Waals surface area contributed by atoms with E-state index in [4.69, 9.17) is 0 Å². The Morgan fingerprint density at radius 1 is 1.35 bits per heavy atom. The Morgan fingerprint density at radius 2 is 2.06 bits per heavy atom. The molecule has 1 saturated carbocycles. The number of thiazole rings is 1. The zero-order valence-corrected chi connectivity index (χ0v) is 12.2. The molecule has 0 aliphatic heterocycles. The van der Waals surface area contributed by atoms with Gasteiger partial charge in [-0.15, -0.1) is 11.3 Å². The average Bonchev–Trinajstić information content (AvgIpc) is 2.50. The van der Waals surface area contributed by atoms with Gasteiger partial charge < -0.3 is 10.2 Å². The van der Waals surface area contributed by atoms with Gasteiger partial charge >= 0.3 is 0 Å². The van der Waals surface area contributed by atoms with Crippen LogP contribution >= 0.6 is 11.3 Å². The average molecular weight is 253 g/mol. The number of rotatable bonds is 5. The summed E-state index contributed by atoms with van der Waals surface area (Å²) in [6, 6.07) is 0. The first kappa shape index (κ1) is 13.0. The second-order valence-electron chi connectivity index (χ2n) is 5.33. The number of nitrogens with one attached hydrogen (secondary N) is 1. The number of hydrogen-bond acceptors (Lipinski definition) is 4. The molecule has 96 valence electrons. The maximum Gasteiger partial charge on any atom is 0.107 e. The van der Waals surface area contributed by atoms with Gasteiger partial charge in [0.25, 0.3) is 0 Å². The van der Waals surface area contributed by atoms with E-state index in [1.165, 1.54) is 34.8 Å². The molecule has 2 rings (SSSR count). The van der Waals surface area contributed by atoms with Crippen LogP contribution in [0.5, 0.6) is 0 Å². The molecule has 0 radical (unpaired) electrons. The fraction of sp³-hybridized carbons (Fsp3) is 0.769. The van der Waals surface area contributed by atoms with Crippen LogP contribution in [-0.2, 0) is 6.54 Å². The van der Waals surface area contributed by atoms with Gasteiger partial charge in [-0.25, -0.2) is 4.98 Å². The predicted molar refractivity (Wildman–Crippen MR) is 73.6 cm³/mol. The van der Waals surface area contributed by atoms with E-state index in [1.807, 2.05) is 11.3 Å². The summed E-state index contributed by atoms with van der Waals surface area (Å²) in [5, 5.41) is 4.79. The van der Waals surface area contributed by atoms with Gasteiger partial charge in [0, 0.05) is 23.5 Å². The summed E-state index contributed by atoms with van der Waals surface area (Å²) in [4.78, 5) is 8.28. The minimum Gasteiger partial charge on any atom is -0.309 e. The van der Waals surface area contributed by atoms with Crippen molar-refractivity contribution in [1.29, 1.82) is 0 Å². The van der Waals surface area contributed by atoms with Gasteiger partial charge in [-0.1, -0.05) is 0 Å². The van der Waals surface area contributed by atoms with Gasteiger partial charge in [-0.05, 0) is 47.2 Å². The lowest BCUT2D eigenvalue weighted by molar-refractivity contribution is 0.0598. The lowest BCUT2D eigenvalue weighted by Crippen LogP contribution is -2.56. The Morgan fingerprint density at radius 3 is 2.47 bits per heavy atom. The minimum atomic E-state index is 0.404. The summed E-state index contributed by atoms with van der Waals surface area (Å²) in [6.45, 7) is 6.22. The fourth-order valence-electron chi connectivity index (χ4n) is 2.38. The van der Waals surface area contributed by atoms with E-state index in [9.17, 15) is 0 Å². The summed E-state index contributed by atoms with van der Waals surface area (Å²) in [5.74, 6) is 0. The van der Waals surface area contributed by atoms with Crippen molar-refractivity contribution >= 4 is 11.3 Å². The first-order valence-corrected chi connectivity index (χ1v) is 7.16. The van der Waals surface area contributed by atoms with Crippen LogP contribution in [0.4, 0.5) is 0 Å². The topological polar surface area (TPSA) is 28.2 Å². The van der Waals surface area contributed by atoms with Crippen LogP contribution in [0.2, 0.25) is 0 Å². The molecule has 17 heavy (non-hydrogen) atoms. The molecule has 0 spiro atoms. The van der Waals surface area contributed by atoms with Crippen molar-refractivity contribution in [2.75, 3.05) is 20.6 Å². The molecule has 0 atom stereocenters. The molecular formula is C13H23N3S. The Hall–Kier alpha value is -0.450. The Labute approximate surface area is 108 Å². The van der Waals surface area contributed by atoms with Crippen molar-refractivity contribution in [3.8, 4) is 0 Å². The lowest BCUT2D eigenvalue weighted by atomic mass is 9.75. The molecule has 0 saturated heterocycles. The zero-order valence-electron chi connectivity index (χ0n) is 11.3. The zero-order chi connectivity index (χ0) is 12.5. The summed E-state index contributed by atoms with van der Waals surface area (Å²) >= 11 is 1.81. The Bertz CT molecular complexity index is 361. The van der Waals surface area contributed by atoms with Crippen molar-refractivity contribution in [2.24, 2.45) is 0 Å². The summed E-state index contributed by atoms with van der Waals surface area (Å²) in [7, 11) is 4.39. The molecule has 1 aliphatic rings. The lowest BCUT2D eigenvalue weighted by Gasteiger charge is -2.47. The third-order valence-corrected chi connectivity index (χ3v) is 5.11. The highest BCUT2D eigenvalue weighted by Crippen LogP contribution is 2.35. The van der Waals surface area contributed by atoms with Crippen molar-refractivity contribution in [1.82, 2.24) is 15.2 Å². The molecule has 1 aromatic heterocycles. The molecule has 1 fully saturated rings. The van der Waals surface area contributed by atoms with Crippen LogP contribution in [0.3, 0.4) is 0 Å². The van der Waals surface area contributed by atoms with E-state index in [0.29, 0.717) is 5.54 Å². The van der Waals surface area contributed by atoms with Crippen LogP contribution in [0.25, 0.3) is 0 Å². The smallest absolute Gasteiger partial charge is 0.107 e. The predicted octanol–water partition coefficient (Wildman–Crippen LogP) is 2.33. The van der Waals surface area contributed by atoms with E-state index in [2.05, 4.69) is 43.1 Å². The van der Waals surface area contributed by atoms with Gasteiger partial charge in [-0.2, -0.15) is 0 Å². The molecule has 1 N–H and O–H groups in total. The van der Waals surface area contributed by atoms with Gasteiger partial charge in [-0.3, -0.25) is 0 Å². The van der Waals surface area contributed by atoms with Crippen molar-refractivity contribution in [3.05, 3.63) is 15.6 Å². The Kier molecular flexibility index (Phi) is 3.85. The minimum absolute atomic E-state index is 0.404. The van der Waals surface area contributed by atoms with Crippen LogP contribution in [0.15, 0.2) is 0 Å². The van der Waals surface area contributed by atoms with Gasteiger partial charge in [0.1, 0.15) is 5.01 Å². The first-order valence-electron chi connectivity index (χ1n) is 6.34. The number of aryl methyl sites for hydroxylation is 2. The second-order valence-corrected chi connectivity index (χ2v) is 6.61. The highest BCUT2D eigenvalue weighted by molar-refractivity contribution is 7.11. The molecule has 3 nitrogen and oxygen atoms in total. The number of nitrogens with zero attached hydrogens (tertiary/aromatic N) is 2. The standard InChI is InChI=1S/C13H23N3S/c1-10-11(2)17-12(15-10)8-14-9-13(16(3)4)6-5-7-13/h14H,5-9H2,1-4H3. The molecule has 0 aromatic carbocycles. The van der Waals surface area contributed by atoms with E-state index < -0.39 is 0 Å². The highest BCUT2D eigenvalue weighted by Gasteiger charge is 2.38. The number of likely N-dealkylation sites (N-methyl/N-ethyl adjacent to an activating group) is 1. The normalized spacial score (nSPS) is 18.4. The van der Waals surface area contributed by atoms with Crippen LogP contribution in [-0.4, -0.2) is 36.1 Å². The molecule has 4 heteroatoms. The fourth-order valence-corrected chi connectivity index (χ4v) is 3.29. The first-order chi connectivity index (χ1) is 8.03. The quantitative estimate of drug-likeness (QED) is 0.873. The third-order valence-electron chi connectivity index (χ3n) is 4.04. The molecule has 0 amide bonds. The summed E-state index contributed by atoms with van der Waals surface area (Å²) < 4.78 is 0. The van der Waals surface area contributed by atoms with Gasteiger partial charge in [0.15, 0.2) is 0 Å². The van der Waals surface area contributed by atoms with E-state index in [0.717, 1.165) is 13.1 Å².